The van der Waals surface area contributed by atoms with Crippen LogP contribution in [0.25, 0.3) is 22.6 Å². The first-order valence-electron chi connectivity index (χ1n) is 7.27. The first kappa shape index (κ1) is 17.3. The van der Waals surface area contributed by atoms with Gasteiger partial charge in [-0.2, -0.15) is 0 Å². The van der Waals surface area contributed by atoms with Crippen LogP contribution in [-0.4, -0.2) is 10.2 Å². The van der Waals surface area contributed by atoms with E-state index >= 15 is 0 Å². The second kappa shape index (κ2) is 6.40. The van der Waals surface area contributed by atoms with E-state index in [0.717, 1.165) is 11.1 Å². The van der Waals surface area contributed by atoms with E-state index in [4.69, 9.17) is 39.2 Å². The van der Waals surface area contributed by atoms with E-state index in [0.29, 0.717) is 26.5 Å². The van der Waals surface area contributed by atoms with Gasteiger partial charge in [-0.15, -0.1) is 10.2 Å². The van der Waals surface area contributed by atoms with Gasteiger partial charge < -0.3 is 4.42 Å². The molecule has 1 aromatic heterocycles. The van der Waals surface area contributed by atoms with Crippen LogP contribution in [-0.2, 0) is 5.41 Å². The van der Waals surface area contributed by atoms with E-state index in [1.54, 1.807) is 18.2 Å². The highest BCUT2D eigenvalue weighted by molar-refractivity contribution is 6.40. The number of halogens is 3. The lowest BCUT2D eigenvalue weighted by molar-refractivity contribution is 0.399. The third-order valence-corrected chi connectivity index (χ3v) is 4.40. The minimum absolute atomic E-state index is 0.262. The first-order valence-corrected chi connectivity index (χ1v) is 8.41. The van der Waals surface area contributed by atoms with Gasteiger partial charge in [-0.3, -0.25) is 0 Å². The van der Waals surface area contributed by atoms with Crippen molar-refractivity contribution in [1.82, 2.24) is 10.2 Å². The summed E-state index contributed by atoms with van der Waals surface area (Å²) in [6.07, 6.45) is 0. The zero-order valence-electron chi connectivity index (χ0n) is 13.3. The molecule has 1 heterocycles. The van der Waals surface area contributed by atoms with Gasteiger partial charge in [-0.25, -0.2) is 0 Å². The van der Waals surface area contributed by atoms with E-state index < -0.39 is 0 Å². The quantitative estimate of drug-likeness (QED) is 0.512. The van der Waals surface area contributed by atoms with Crippen molar-refractivity contribution in [3.05, 3.63) is 57.4 Å². The van der Waals surface area contributed by atoms with Crippen LogP contribution in [0.4, 0.5) is 0 Å². The Labute approximate surface area is 155 Å². The molecule has 0 aliphatic heterocycles. The molecule has 0 aliphatic rings. The van der Waals surface area contributed by atoms with Crippen molar-refractivity contribution >= 4 is 34.8 Å². The molecule has 0 spiro atoms. The minimum atomic E-state index is -0.262. The highest BCUT2D eigenvalue weighted by Crippen LogP contribution is 2.41. The summed E-state index contributed by atoms with van der Waals surface area (Å²) >= 11 is 18.8. The lowest BCUT2D eigenvalue weighted by Gasteiger charge is -2.12. The minimum Gasteiger partial charge on any atom is -0.420 e. The number of hydrogen-bond acceptors (Lipinski definition) is 3. The van der Waals surface area contributed by atoms with Crippen LogP contribution in [0.3, 0.4) is 0 Å². The Morgan fingerprint density at radius 1 is 1.00 bits per heavy atom. The summed E-state index contributed by atoms with van der Waals surface area (Å²) in [4.78, 5) is 0. The fraction of sp³-hybridized carbons (Fsp3) is 0.222. The Hall–Kier alpha value is -1.55. The summed E-state index contributed by atoms with van der Waals surface area (Å²) in [5, 5.41) is 9.61. The molecule has 0 unspecified atom stereocenters. The van der Waals surface area contributed by atoms with E-state index in [1.165, 1.54) is 0 Å². The van der Waals surface area contributed by atoms with Gasteiger partial charge in [0.15, 0.2) is 0 Å². The smallest absolute Gasteiger partial charge is 0.250 e. The van der Waals surface area contributed by atoms with Crippen molar-refractivity contribution in [1.29, 1.82) is 0 Å². The lowest BCUT2D eigenvalue weighted by Crippen LogP contribution is -2.11. The number of nitrogens with zero attached hydrogens (tertiary/aromatic N) is 2. The summed E-state index contributed by atoms with van der Waals surface area (Å²) in [6.45, 7) is 5.97. The maximum Gasteiger partial charge on any atom is 0.250 e. The molecule has 3 rings (SSSR count). The molecule has 0 fully saturated rings. The molecule has 3 aromatic rings. The van der Waals surface area contributed by atoms with Crippen LogP contribution in [0.5, 0.6) is 0 Å². The van der Waals surface area contributed by atoms with E-state index in [-0.39, 0.29) is 11.3 Å². The molecule has 0 saturated carbocycles. The van der Waals surface area contributed by atoms with Gasteiger partial charge >= 0.3 is 0 Å². The summed E-state index contributed by atoms with van der Waals surface area (Å²) in [5.41, 5.74) is 1.88. The molecular formula is C18H14Cl3N2O. The van der Waals surface area contributed by atoms with Crippen LogP contribution in [0.2, 0.25) is 15.1 Å². The van der Waals surface area contributed by atoms with Crippen molar-refractivity contribution in [2.24, 2.45) is 0 Å². The molecule has 1 radical (unpaired) electrons. The third-order valence-electron chi connectivity index (χ3n) is 3.45. The fourth-order valence-corrected chi connectivity index (χ4v) is 2.90. The molecule has 0 bridgehead atoms. The topological polar surface area (TPSA) is 38.9 Å². The number of hydrogen-bond donors (Lipinski definition) is 0. The lowest BCUT2D eigenvalue weighted by atomic mass is 9.97. The zero-order valence-corrected chi connectivity index (χ0v) is 15.6. The van der Waals surface area contributed by atoms with E-state index in [2.05, 4.69) is 16.3 Å². The van der Waals surface area contributed by atoms with Crippen LogP contribution < -0.4 is 0 Å². The van der Waals surface area contributed by atoms with Crippen LogP contribution >= 0.6 is 34.8 Å². The van der Waals surface area contributed by atoms with E-state index in [1.807, 2.05) is 32.9 Å². The molecule has 0 atom stereocenters. The highest BCUT2D eigenvalue weighted by atomic mass is 35.5. The maximum atomic E-state index is 6.58. The van der Waals surface area contributed by atoms with Crippen molar-refractivity contribution in [2.75, 3.05) is 0 Å². The van der Waals surface area contributed by atoms with Gasteiger partial charge in [0.1, 0.15) is 0 Å². The first-order chi connectivity index (χ1) is 11.3. The van der Waals surface area contributed by atoms with Crippen molar-refractivity contribution in [2.45, 2.75) is 26.2 Å². The van der Waals surface area contributed by atoms with Gasteiger partial charge in [0.2, 0.25) is 5.89 Å². The highest BCUT2D eigenvalue weighted by Gasteiger charge is 2.24. The second-order valence-electron chi connectivity index (χ2n) is 6.37. The Morgan fingerprint density at radius 2 is 1.67 bits per heavy atom. The van der Waals surface area contributed by atoms with Crippen LogP contribution in [0.1, 0.15) is 26.7 Å². The van der Waals surface area contributed by atoms with Gasteiger partial charge in [0.25, 0.3) is 5.89 Å². The SMILES string of the molecule is CC(C)(C)c1nnc(-c2c(Cl)[c]cc(-c3ccc(Cl)cc3)c2Cl)o1. The largest absolute Gasteiger partial charge is 0.420 e. The Morgan fingerprint density at radius 3 is 2.25 bits per heavy atom. The summed E-state index contributed by atoms with van der Waals surface area (Å²) < 4.78 is 5.77. The Kier molecular flexibility index (Phi) is 4.60. The number of aromatic nitrogens is 2. The van der Waals surface area contributed by atoms with Gasteiger partial charge in [0.05, 0.1) is 15.6 Å². The molecule has 0 amide bonds. The molecule has 123 valence electrons. The summed E-state index contributed by atoms with van der Waals surface area (Å²) in [6, 6.07) is 12.1. The van der Waals surface area contributed by atoms with Crippen molar-refractivity contribution in [3.8, 4) is 22.6 Å². The molecule has 24 heavy (non-hydrogen) atoms. The monoisotopic (exact) mass is 379 g/mol. The van der Waals surface area contributed by atoms with Gasteiger partial charge in [-0.1, -0.05) is 67.7 Å². The normalized spacial score (nSPS) is 11.8. The molecule has 3 nitrogen and oxygen atoms in total. The van der Waals surface area contributed by atoms with Crippen molar-refractivity contribution in [3.63, 3.8) is 0 Å². The molecule has 0 saturated heterocycles. The van der Waals surface area contributed by atoms with Gasteiger partial charge in [-0.05, 0) is 23.8 Å². The standard InChI is InChI=1S/C18H14Cl3N2O/c1-18(2,3)17-23-22-16(24-17)14-13(20)9-8-12(15(14)21)10-4-6-11(19)7-5-10/h4-8H,1-3H3. The zero-order chi connectivity index (χ0) is 17.5. The van der Waals surface area contributed by atoms with Crippen molar-refractivity contribution < 1.29 is 4.42 Å². The molecule has 6 heteroatoms. The summed E-state index contributed by atoms with van der Waals surface area (Å²) in [7, 11) is 0. The predicted octanol–water partition coefficient (Wildman–Crippen LogP) is 6.46. The third kappa shape index (κ3) is 3.30. The Bertz CT molecular complexity index is 880. The number of benzene rings is 2. The average Bonchev–Trinajstić information content (AvgIpc) is 2.98. The summed E-state index contributed by atoms with van der Waals surface area (Å²) in [5.74, 6) is 0.795. The molecule has 2 aromatic carbocycles. The van der Waals surface area contributed by atoms with Crippen LogP contribution in [0, 0.1) is 6.07 Å². The predicted molar refractivity (Wildman–Crippen MR) is 97.7 cm³/mol. The molecule has 0 N–H and O–H groups in total. The molecular weight excluding hydrogens is 367 g/mol. The fourth-order valence-electron chi connectivity index (χ4n) is 2.16. The Balaban J connectivity index is 2.13. The second-order valence-corrected chi connectivity index (χ2v) is 7.57. The van der Waals surface area contributed by atoms with Gasteiger partial charge in [0, 0.05) is 22.1 Å². The van der Waals surface area contributed by atoms with Crippen LogP contribution in [0.15, 0.2) is 34.7 Å². The molecule has 0 aliphatic carbocycles. The maximum absolute atomic E-state index is 6.58. The number of rotatable bonds is 2. The average molecular weight is 381 g/mol. The van der Waals surface area contributed by atoms with E-state index in [9.17, 15) is 0 Å².